The van der Waals surface area contributed by atoms with Crippen LogP contribution in [0.2, 0.25) is 0 Å². The molecule has 3 rings (SSSR count). The molecule has 1 saturated carbocycles. The molecule has 1 aromatic carbocycles. The van der Waals surface area contributed by atoms with Crippen molar-refractivity contribution in [2.45, 2.75) is 44.7 Å². The number of rotatable bonds is 6. The van der Waals surface area contributed by atoms with Crippen LogP contribution in [-0.2, 0) is 13.0 Å². The second kappa shape index (κ2) is 7.12. The van der Waals surface area contributed by atoms with Gasteiger partial charge in [0, 0.05) is 42.1 Å². The second-order valence-electron chi connectivity index (χ2n) is 6.25. The molecule has 3 nitrogen and oxygen atoms in total. The lowest BCUT2D eigenvalue weighted by molar-refractivity contribution is 0.245. The number of hydrogen-bond donors (Lipinski definition) is 1. The number of benzene rings is 1. The lowest BCUT2D eigenvalue weighted by atomic mass is 10.1. The average Bonchev–Trinajstić information content (AvgIpc) is 3.13. The quantitative estimate of drug-likeness (QED) is 0.794. The molecule has 116 valence electrons. The van der Waals surface area contributed by atoms with Crippen LogP contribution in [0.25, 0.3) is 0 Å². The normalized spacial score (nSPS) is 18.2. The van der Waals surface area contributed by atoms with Gasteiger partial charge in [-0.25, -0.2) is 0 Å². The summed E-state index contributed by atoms with van der Waals surface area (Å²) in [5.74, 6) is 1.11. The first-order chi connectivity index (χ1) is 10.2. The first-order valence-electron chi connectivity index (χ1n) is 8.09. The fourth-order valence-electron chi connectivity index (χ4n) is 3.48. The lowest BCUT2D eigenvalue weighted by Gasteiger charge is -2.24. The van der Waals surface area contributed by atoms with Gasteiger partial charge >= 0.3 is 0 Å². The van der Waals surface area contributed by atoms with Crippen LogP contribution in [0.4, 0.5) is 0 Å². The van der Waals surface area contributed by atoms with Crippen molar-refractivity contribution >= 4 is 15.9 Å². The van der Waals surface area contributed by atoms with Crippen molar-refractivity contribution in [2.75, 3.05) is 26.7 Å². The van der Waals surface area contributed by atoms with E-state index in [4.69, 9.17) is 4.74 Å². The Bertz CT molecular complexity index is 486. The molecule has 1 aliphatic heterocycles. The fraction of sp³-hybridized carbons (Fsp3) is 0.647. The highest BCUT2D eigenvalue weighted by Gasteiger charge is 2.19. The predicted octanol–water partition coefficient (Wildman–Crippen LogP) is 3.35. The van der Waals surface area contributed by atoms with Crippen LogP contribution in [0.15, 0.2) is 16.6 Å². The Kier molecular flexibility index (Phi) is 5.19. The van der Waals surface area contributed by atoms with Gasteiger partial charge in [0.1, 0.15) is 5.75 Å². The van der Waals surface area contributed by atoms with Crippen LogP contribution in [0, 0.1) is 0 Å². The molecule has 1 heterocycles. The van der Waals surface area contributed by atoms with Gasteiger partial charge in [0.05, 0.1) is 6.61 Å². The van der Waals surface area contributed by atoms with Crippen molar-refractivity contribution < 1.29 is 4.74 Å². The van der Waals surface area contributed by atoms with E-state index in [1.54, 1.807) is 0 Å². The molecular weight excluding hydrogens is 328 g/mol. The maximum absolute atomic E-state index is 5.77. The monoisotopic (exact) mass is 352 g/mol. The van der Waals surface area contributed by atoms with Crippen molar-refractivity contribution in [2.24, 2.45) is 0 Å². The molecule has 0 bridgehead atoms. The average molecular weight is 353 g/mol. The van der Waals surface area contributed by atoms with Crippen LogP contribution in [0.5, 0.6) is 5.75 Å². The molecule has 0 unspecified atom stereocenters. The summed E-state index contributed by atoms with van der Waals surface area (Å²) < 4.78 is 6.93. The van der Waals surface area contributed by atoms with E-state index in [0.717, 1.165) is 48.9 Å². The van der Waals surface area contributed by atoms with Crippen LogP contribution < -0.4 is 10.1 Å². The first kappa shape index (κ1) is 15.3. The van der Waals surface area contributed by atoms with Gasteiger partial charge in [0.25, 0.3) is 0 Å². The van der Waals surface area contributed by atoms with E-state index < -0.39 is 0 Å². The van der Waals surface area contributed by atoms with Gasteiger partial charge in [-0.2, -0.15) is 0 Å². The predicted molar refractivity (Wildman–Crippen MR) is 89.9 cm³/mol. The van der Waals surface area contributed by atoms with E-state index in [1.807, 2.05) is 0 Å². The third kappa shape index (κ3) is 3.79. The summed E-state index contributed by atoms with van der Waals surface area (Å²) in [5.41, 5.74) is 2.62. The Balaban J connectivity index is 1.47. The van der Waals surface area contributed by atoms with Crippen molar-refractivity contribution in [3.05, 3.63) is 27.7 Å². The summed E-state index contributed by atoms with van der Waals surface area (Å²) in [6.07, 6.45) is 6.60. The van der Waals surface area contributed by atoms with E-state index in [0.29, 0.717) is 0 Å². The molecule has 1 aromatic rings. The van der Waals surface area contributed by atoms with Gasteiger partial charge in [-0.15, -0.1) is 0 Å². The van der Waals surface area contributed by atoms with Crippen molar-refractivity contribution in [3.8, 4) is 5.75 Å². The Morgan fingerprint density at radius 1 is 1.33 bits per heavy atom. The number of nitrogens with one attached hydrogen (secondary N) is 1. The minimum absolute atomic E-state index is 0.810. The fourth-order valence-corrected chi connectivity index (χ4v) is 4.04. The van der Waals surface area contributed by atoms with Crippen LogP contribution in [0.1, 0.15) is 36.8 Å². The zero-order chi connectivity index (χ0) is 14.7. The van der Waals surface area contributed by atoms with Gasteiger partial charge in [0.2, 0.25) is 0 Å². The summed E-state index contributed by atoms with van der Waals surface area (Å²) in [7, 11) is 2.26. The molecule has 0 amide bonds. The second-order valence-corrected chi connectivity index (χ2v) is 7.16. The number of nitrogens with zero attached hydrogens (tertiary/aromatic N) is 1. The standard InChI is InChI=1S/C17H25BrN2O/c1-20(16-4-2-3-5-16)8-7-19-12-14-11-15(18)10-13-6-9-21-17(13)14/h10-11,16,19H,2-9,12H2,1H3. The molecule has 1 fully saturated rings. The van der Waals surface area contributed by atoms with E-state index in [9.17, 15) is 0 Å². The third-order valence-corrected chi connectivity index (χ3v) is 5.19. The zero-order valence-electron chi connectivity index (χ0n) is 12.8. The van der Waals surface area contributed by atoms with E-state index in [1.165, 1.54) is 36.8 Å². The Hall–Kier alpha value is -0.580. The van der Waals surface area contributed by atoms with Crippen molar-refractivity contribution in [3.63, 3.8) is 0 Å². The summed E-state index contributed by atoms with van der Waals surface area (Å²) >= 11 is 3.60. The Morgan fingerprint density at radius 2 is 2.14 bits per heavy atom. The van der Waals surface area contributed by atoms with Gasteiger partial charge in [-0.3, -0.25) is 0 Å². The summed E-state index contributed by atoms with van der Waals surface area (Å²) in [6.45, 7) is 3.87. The van der Waals surface area contributed by atoms with Crippen LogP contribution in [-0.4, -0.2) is 37.7 Å². The van der Waals surface area contributed by atoms with E-state index >= 15 is 0 Å². The highest BCUT2D eigenvalue weighted by atomic mass is 79.9. The smallest absolute Gasteiger partial charge is 0.127 e. The molecule has 2 aliphatic rings. The maximum atomic E-state index is 5.77. The Labute approximate surface area is 136 Å². The number of halogens is 1. The number of fused-ring (bicyclic) bond motifs is 1. The maximum Gasteiger partial charge on any atom is 0.127 e. The number of hydrogen-bond acceptors (Lipinski definition) is 3. The topological polar surface area (TPSA) is 24.5 Å². The molecule has 1 N–H and O–H groups in total. The molecule has 0 radical (unpaired) electrons. The molecule has 0 saturated heterocycles. The van der Waals surface area contributed by atoms with E-state index in [-0.39, 0.29) is 0 Å². The number of ether oxygens (including phenoxy) is 1. The minimum Gasteiger partial charge on any atom is -0.493 e. The van der Waals surface area contributed by atoms with Gasteiger partial charge in [-0.05, 0) is 37.6 Å². The highest BCUT2D eigenvalue weighted by molar-refractivity contribution is 9.10. The van der Waals surface area contributed by atoms with E-state index in [2.05, 4.69) is 45.3 Å². The molecule has 21 heavy (non-hydrogen) atoms. The summed E-state index contributed by atoms with van der Waals surface area (Å²) in [6, 6.07) is 5.17. The van der Waals surface area contributed by atoms with Gasteiger partial charge in [0.15, 0.2) is 0 Å². The minimum atomic E-state index is 0.810. The molecule has 1 aliphatic carbocycles. The van der Waals surface area contributed by atoms with Crippen molar-refractivity contribution in [1.82, 2.24) is 10.2 Å². The number of likely N-dealkylation sites (N-methyl/N-ethyl adjacent to an activating group) is 1. The highest BCUT2D eigenvalue weighted by Crippen LogP contribution is 2.32. The summed E-state index contributed by atoms with van der Waals surface area (Å²) in [4.78, 5) is 2.52. The molecule has 0 spiro atoms. The third-order valence-electron chi connectivity index (χ3n) is 4.73. The van der Waals surface area contributed by atoms with Crippen LogP contribution in [0.3, 0.4) is 0 Å². The first-order valence-corrected chi connectivity index (χ1v) is 8.88. The molecule has 0 aromatic heterocycles. The van der Waals surface area contributed by atoms with Crippen molar-refractivity contribution in [1.29, 1.82) is 0 Å². The SMILES string of the molecule is CN(CCNCc1cc(Br)cc2c1OCC2)C1CCCC1. The largest absolute Gasteiger partial charge is 0.493 e. The Morgan fingerprint density at radius 3 is 2.95 bits per heavy atom. The van der Waals surface area contributed by atoms with Gasteiger partial charge < -0.3 is 15.0 Å². The molecule has 0 atom stereocenters. The van der Waals surface area contributed by atoms with Gasteiger partial charge in [-0.1, -0.05) is 28.8 Å². The lowest BCUT2D eigenvalue weighted by Crippen LogP contribution is -2.35. The molecule has 4 heteroatoms. The van der Waals surface area contributed by atoms with Crippen LogP contribution >= 0.6 is 15.9 Å². The summed E-state index contributed by atoms with van der Waals surface area (Å²) in [5, 5.41) is 3.57. The zero-order valence-corrected chi connectivity index (χ0v) is 14.4. The molecular formula is C17H25BrN2O.